The monoisotopic (exact) mass is 345 g/mol. The number of amidine groups is 1. The smallest absolute Gasteiger partial charge is 0.259 e. The Morgan fingerprint density at radius 1 is 1.12 bits per heavy atom. The van der Waals surface area contributed by atoms with Gasteiger partial charge in [0, 0.05) is 17.8 Å². The largest absolute Gasteiger partial charge is 0.382 e. The average Bonchev–Trinajstić information content (AvgIpc) is 2.54. The van der Waals surface area contributed by atoms with Crippen molar-refractivity contribution in [1.29, 1.82) is 0 Å². The van der Waals surface area contributed by atoms with Gasteiger partial charge >= 0.3 is 0 Å². The predicted octanol–water partition coefficient (Wildman–Crippen LogP) is 1.86. The van der Waals surface area contributed by atoms with Crippen LogP contribution in [0, 0.1) is 0 Å². The van der Waals surface area contributed by atoms with Crippen molar-refractivity contribution < 1.29 is 13.2 Å². The summed E-state index contributed by atoms with van der Waals surface area (Å²) in [5.41, 5.74) is 9.05. The molecule has 24 heavy (non-hydrogen) atoms. The molecule has 2 aromatic rings. The summed E-state index contributed by atoms with van der Waals surface area (Å²) in [5.74, 6) is -0.0900. The standard InChI is InChI=1S/C17H19N3O3S/c18-17-16-14(12-24(21,22)20-17)7-4-8-15(16)19-9-10-23-11-13-5-2-1-3-6-13/h1-8,19H,9-12H2,(H2,18,20). The number of benzene rings is 2. The Morgan fingerprint density at radius 3 is 2.71 bits per heavy atom. The maximum absolute atomic E-state index is 11.7. The van der Waals surface area contributed by atoms with Gasteiger partial charge in [0.1, 0.15) is 5.84 Å². The van der Waals surface area contributed by atoms with Crippen LogP contribution in [0.3, 0.4) is 0 Å². The minimum absolute atomic E-state index is 0.0320. The first-order valence-corrected chi connectivity index (χ1v) is 9.22. The zero-order valence-corrected chi connectivity index (χ0v) is 13.9. The Bertz CT molecular complexity index is 849. The lowest BCUT2D eigenvalue weighted by atomic mass is 10.1. The minimum atomic E-state index is -3.51. The SMILES string of the molecule is NC1=NS(=O)(=O)Cc2cccc(NCCOCc3ccccc3)c21. The summed E-state index contributed by atoms with van der Waals surface area (Å²) >= 11 is 0. The van der Waals surface area contributed by atoms with Gasteiger partial charge < -0.3 is 15.8 Å². The van der Waals surface area contributed by atoms with Crippen molar-refractivity contribution in [2.45, 2.75) is 12.4 Å². The van der Waals surface area contributed by atoms with Crippen LogP contribution in [0.2, 0.25) is 0 Å². The first-order valence-electron chi connectivity index (χ1n) is 7.61. The molecule has 3 N–H and O–H groups in total. The van der Waals surface area contributed by atoms with Gasteiger partial charge in [0.15, 0.2) is 0 Å². The molecule has 0 atom stereocenters. The highest BCUT2D eigenvalue weighted by molar-refractivity contribution is 7.89. The summed E-state index contributed by atoms with van der Waals surface area (Å²) < 4.78 is 32.5. The molecule has 0 amide bonds. The second kappa shape index (κ2) is 7.02. The highest BCUT2D eigenvalue weighted by Crippen LogP contribution is 2.26. The lowest BCUT2D eigenvalue weighted by Gasteiger charge is -2.18. The van der Waals surface area contributed by atoms with E-state index in [1.165, 1.54) is 0 Å². The number of fused-ring (bicyclic) bond motifs is 1. The van der Waals surface area contributed by atoms with E-state index in [2.05, 4.69) is 9.71 Å². The Balaban J connectivity index is 1.59. The number of rotatable bonds is 6. The van der Waals surface area contributed by atoms with Crippen molar-refractivity contribution in [1.82, 2.24) is 0 Å². The molecule has 126 valence electrons. The molecule has 0 aromatic heterocycles. The summed E-state index contributed by atoms with van der Waals surface area (Å²) in [5, 5.41) is 3.24. The average molecular weight is 345 g/mol. The van der Waals surface area contributed by atoms with Crippen molar-refractivity contribution in [3.8, 4) is 0 Å². The normalized spacial score (nSPS) is 15.4. The van der Waals surface area contributed by atoms with E-state index >= 15 is 0 Å². The summed E-state index contributed by atoms with van der Waals surface area (Å²) in [7, 11) is -3.51. The van der Waals surface area contributed by atoms with Crippen molar-refractivity contribution >= 4 is 21.5 Å². The Morgan fingerprint density at radius 2 is 1.92 bits per heavy atom. The summed E-state index contributed by atoms with van der Waals surface area (Å²) in [6.07, 6.45) is 0. The third-order valence-electron chi connectivity index (χ3n) is 3.66. The summed E-state index contributed by atoms with van der Waals surface area (Å²) in [4.78, 5) is 0. The van der Waals surface area contributed by atoms with Gasteiger partial charge in [0.2, 0.25) is 0 Å². The number of nitrogens with zero attached hydrogens (tertiary/aromatic N) is 1. The number of hydrogen-bond donors (Lipinski definition) is 2. The molecule has 0 aliphatic carbocycles. The van der Waals surface area contributed by atoms with E-state index in [0.717, 1.165) is 11.3 Å². The molecule has 2 aromatic carbocycles. The topological polar surface area (TPSA) is 93.8 Å². The molecule has 0 spiro atoms. The van der Waals surface area contributed by atoms with E-state index in [1.54, 1.807) is 12.1 Å². The molecule has 6 nitrogen and oxygen atoms in total. The van der Waals surface area contributed by atoms with Gasteiger partial charge in [-0.05, 0) is 17.2 Å². The second-order valence-corrected chi connectivity index (χ2v) is 7.14. The van der Waals surface area contributed by atoms with Gasteiger partial charge in [-0.15, -0.1) is 4.40 Å². The van der Waals surface area contributed by atoms with Crippen LogP contribution in [-0.2, 0) is 27.1 Å². The molecule has 0 saturated heterocycles. The number of anilines is 1. The fourth-order valence-corrected chi connectivity index (χ4v) is 3.71. The summed E-state index contributed by atoms with van der Waals surface area (Å²) in [6.45, 7) is 1.66. The molecule has 0 fully saturated rings. The molecule has 1 aliphatic heterocycles. The zero-order chi connectivity index (χ0) is 17.0. The van der Waals surface area contributed by atoms with Crippen molar-refractivity contribution in [2.24, 2.45) is 10.1 Å². The van der Waals surface area contributed by atoms with Gasteiger partial charge in [0.25, 0.3) is 10.0 Å². The number of nitrogens with two attached hydrogens (primary N) is 1. The van der Waals surface area contributed by atoms with Crippen LogP contribution in [0.4, 0.5) is 5.69 Å². The quantitative estimate of drug-likeness (QED) is 0.780. The number of hydrogen-bond acceptors (Lipinski definition) is 5. The third kappa shape index (κ3) is 3.93. The minimum Gasteiger partial charge on any atom is -0.382 e. The first-order chi connectivity index (χ1) is 11.6. The van der Waals surface area contributed by atoms with Crippen LogP contribution in [-0.4, -0.2) is 27.4 Å². The van der Waals surface area contributed by atoms with Gasteiger partial charge in [-0.3, -0.25) is 0 Å². The van der Waals surface area contributed by atoms with Gasteiger partial charge in [-0.2, -0.15) is 0 Å². The summed E-state index contributed by atoms with van der Waals surface area (Å²) in [6, 6.07) is 15.4. The van der Waals surface area contributed by atoms with Crippen LogP contribution >= 0.6 is 0 Å². The Kier molecular flexibility index (Phi) is 4.82. The predicted molar refractivity (Wildman–Crippen MR) is 94.4 cm³/mol. The molecule has 1 aliphatic rings. The van der Waals surface area contributed by atoms with Crippen molar-refractivity contribution in [3.63, 3.8) is 0 Å². The van der Waals surface area contributed by atoms with E-state index < -0.39 is 10.0 Å². The molecular formula is C17H19N3O3S. The van der Waals surface area contributed by atoms with Crippen LogP contribution in [0.5, 0.6) is 0 Å². The molecular weight excluding hydrogens is 326 g/mol. The lowest BCUT2D eigenvalue weighted by molar-refractivity contribution is 0.130. The second-order valence-electron chi connectivity index (χ2n) is 5.51. The van der Waals surface area contributed by atoms with Crippen LogP contribution in [0.15, 0.2) is 52.9 Å². The fourth-order valence-electron chi connectivity index (χ4n) is 2.62. The molecule has 0 saturated carbocycles. The zero-order valence-electron chi connectivity index (χ0n) is 13.1. The lowest BCUT2D eigenvalue weighted by Crippen LogP contribution is -2.25. The van der Waals surface area contributed by atoms with Crippen molar-refractivity contribution in [3.05, 3.63) is 65.2 Å². The highest BCUT2D eigenvalue weighted by atomic mass is 32.2. The number of ether oxygens (including phenoxy) is 1. The molecule has 0 unspecified atom stereocenters. The highest BCUT2D eigenvalue weighted by Gasteiger charge is 2.24. The number of nitrogens with one attached hydrogen (secondary N) is 1. The van der Waals surface area contributed by atoms with Gasteiger partial charge in [-0.25, -0.2) is 8.42 Å². The molecule has 0 radical (unpaired) electrons. The molecule has 0 bridgehead atoms. The van der Waals surface area contributed by atoms with E-state index in [0.29, 0.717) is 30.9 Å². The third-order valence-corrected chi connectivity index (χ3v) is 4.81. The Labute approximate surface area is 141 Å². The van der Waals surface area contributed by atoms with Gasteiger partial charge in [-0.1, -0.05) is 42.5 Å². The van der Waals surface area contributed by atoms with E-state index in [9.17, 15) is 8.42 Å². The number of sulfonamides is 1. The van der Waals surface area contributed by atoms with E-state index in [1.807, 2.05) is 36.4 Å². The fraction of sp³-hybridized carbons (Fsp3) is 0.235. The van der Waals surface area contributed by atoms with Crippen LogP contribution < -0.4 is 11.1 Å². The molecule has 1 heterocycles. The first kappa shape index (κ1) is 16.5. The van der Waals surface area contributed by atoms with Gasteiger partial charge in [0.05, 0.1) is 19.0 Å². The van der Waals surface area contributed by atoms with E-state index in [4.69, 9.17) is 10.5 Å². The molecule has 3 rings (SSSR count). The maximum Gasteiger partial charge on any atom is 0.259 e. The van der Waals surface area contributed by atoms with E-state index in [-0.39, 0.29) is 11.6 Å². The van der Waals surface area contributed by atoms with Crippen LogP contribution in [0.25, 0.3) is 0 Å². The van der Waals surface area contributed by atoms with Crippen LogP contribution in [0.1, 0.15) is 16.7 Å². The maximum atomic E-state index is 11.7. The Hall–Kier alpha value is -2.38. The molecule has 7 heteroatoms. The van der Waals surface area contributed by atoms with Crippen molar-refractivity contribution in [2.75, 3.05) is 18.5 Å².